The molecular weight excluding hydrogens is 230 g/mol. The van der Waals surface area contributed by atoms with Gasteiger partial charge in [0, 0.05) is 27.3 Å². The van der Waals surface area contributed by atoms with Gasteiger partial charge in [0.15, 0.2) is 0 Å². The van der Waals surface area contributed by atoms with Crippen LogP contribution in [0.3, 0.4) is 0 Å². The number of methoxy groups -OCH3 is 2. The van der Waals surface area contributed by atoms with Crippen molar-refractivity contribution in [3.8, 4) is 0 Å². The molecular formula is C14H23NO3. The lowest BCUT2D eigenvalue weighted by Crippen LogP contribution is -2.34. The van der Waals surface area contributed by atoms with Gasteiger partial charge < -0.3 is 14.6 Å². The molecule has 0 spiro atoms. The first kappa shape index (κ1) is 15.1. The molecule has 0 fully saturated rings. The van der Waals surface area contributed by atoms with Gasteiger partial charge >= 0.3 is 0 Å². The summed E-state index contributed by atoms with van der Waals surface area (Å²) in [6, 6.07) is 7.91. The van der Waals surface area contributed by atoms with Crippen molar-refractivity contribution in [1.29, 1.82) is 0 Å². The fourth-order valence-corrected chi connectivity index (χ4v) is 1.72. The van der Waals surface area contributed by atoms with Gasteiger partial charge in [-0.3, -0.25) is 4.90 Å². The SMILES string of the molecule is COCCN(CCOC)C(O)c1ccc(C)cc1. The maximum atomic E-state index is 10.3. The summed E-state index contributed by atoms with van der Waals surface area (Å²) in [6.45, 7) is 4.56. The Morgan fingerprint density at radius 3 is 2.00 bits per heavy atom. The summed E-state index contributed by atoms with van der Waals surface area (Å²) in [7, 11) is 3.32. The van der Waals surface area contributed by atoms with Crippen LogP contribution in [0.4, 0.5) is 0 Å². The minimum atomic E-state index is -0.615. The Labute approximate surface area is 109 Å². The van der Waals surface area contributed by atoms with Crippen LogP contribution in [0.2, 0.25) is 0 Å². The summed E-state index contributed by atoms with van der Waals surface area (Å²) >= 11 is 0. The van der Waals surface area contributed by atoms with Gasteiger partial charge in [-0.2, -0.15) is 0 Å². The van der Waals surface area contributed by atoms with E-state index < -0.39 is 6.23 Å². The van der Waals surface area contributed by atoms with Crippen LogP contribution >= 0.6 is 0 Å². The van der Waals surface area contributed by atoms with E-state index in [1.165, 1.54) is 5.56 Å². The van der Waals surface area contributed by atoms with Crippen molar-refractivity contribution in [2.45, 2.75) is 13.2 Å². The average molecular weight is 253 g/mol. The predicted octanol–water partition coefficient (Wildman–Crippen LogP) is 1.58. The van der Waals surface area contributed by atoms with Crippen LogP contribution in [0.1, 0.15) is 17.4 Å². The number of hydrogen-bond donors (Lipinski definition) is 1. The first-order valence-corrected chi connectivity index (χ1v) is 6.15. The third kappa shape index (κ3) is 4.74. The van der Waals surface area contributed by atoms with E-state index in [9.17, 15) is 5.11 Å². The smallest absolute Gasteiger partial charge is 0.133 e. The lowest BCUT2D eigenvalue weighted by Gasteiger charge is -2.27. The van der Waals surface area contributed by atoms with E-state index in [0.717, 1.165) is 5.56 Å². The molecule has 0 aliphatic carbocycles. The van der Waals surface area contributed by atoms with E-state index >= 15 is 0 Å². The Balaban J connectivity index is 2.66. The molecule has 0 heterocycles. The zero-order valence-corrected chi connectivity index (χ0v) is 11.4. The highest BCUT2D eigenvalue weighted by atomic mass is 16.5. The second-order valence-corrected chi connectivity index (χ2v) is 4.31. The van der Waals surface area contributed by atoms with Crippen molar-refractivity contribution >= 4 is 0 Å². The molecule has 0 bridgehead atoms. The highest BCUT2D eigenvalue weighted by Gasteiger charge is 2.16. The van der Waals surface area contributed by atoms with Gasteiger partial charge in [-0.25, -0.2) is 0 Å². The number of aryl methyl sites for hydroxylation is 1. The molecule has 0 aliphatic rings. The van der Waals surface area contributed by atoms with Crippen molar-refractivity contribution in [2.75, 3.05) is 40.5 Å². The molecule has 4 heteroatoms. The van der Waals surface area contributed by atoms with Gasteiger partial charge in [0.1, 0.15) is 6.23 Å². The monoisotopic (exact) mass is 253 g/mol. The topological polar surface area (TPSA) is 41.9 Å². The van der Waals surface area contributed by atoms with Crippen LogP contribution in [-0.4, -0.2) is 50.5 Å². The van der Waals surface area contributed by atoms with E-state index in [4.69, 9.17) is 9.47 Å². The van der Waals surface area contributed by atoms with Crippen molar-refractivity contribution in [1.82, 2.24) is 4.90 Å². The summed E-state index contributed by atoms with van der Waals surface area (Å²) in [6.07, 6.45) is -0.615. The number of rotatable bonds is 8. The number of aliphatic hydroxyl groups is 1. The maximum Gasteiger partial charge on any atom is 0.133 e. The number of hydrogen-bond acceptors (Lipinski definition) is 4. The molecule has 102 valence electrons. The molecule has 1 aromatic carbocycles. The molecule has 1 unspecified atom stereocenters. The number of aliphatic hydroxyl groups excluding tert-OH is 1. The fraction of sp³-hybridized carbons (Fsp3) is 0.571. The molecule has 1 rings (SSSR count). The minimum absolute atomic E-state index is 0.590. The van der Waals surface area contributed by atoms with E-state index in [-0.39, 0.29) is 0 Å². The van der Waals surface area contributed by atoms with Crippen LogP contribution in [0.25, 0.3) is 0 Å². The third-order valence-electron chi connectivity index (χ3n) is 2.89. The largest absolute Gasteiger partial charge is 0.383 e. The van der Waals surface area contributed by atoms with Gasteiger partial charge in [-0.15, -0.1) is 0 Å². The Morgan fingerprint density at radius 1 is 1.06 bits per heavy atom. The summed E-state index contributed by atoms with van der Waals surface area (Å²) in [5, 5.41) is 10.3. The van der Waals surface area contributed by atoms with Gasteiger partial charge in [0.25, 0.3) is 0 Å². The lowest BCUT2D eigenvalue weighted by atomic mass is 10.1. The maximum absolute atomic E-state index is 10.3. The normalized spacial score (nSPS) is 12.9. The molecule has 1 atom stereocenters. The fourth-order valence-electron chi connectivity index (χ4n) is 1.72. The molecule has 0 radical (unpaired) electrons. The minimum Gasteiger partial charge on any atom is -0.383 e. The summed E-state index contributed by atoms with van der Waals surface area (Å²) < 4.78 is 10.1. The van der Waals surface area contributed by atoms with Crippen molar-refractivity contribution in [3.05, 3.63) is 35.4 Å². The van der Waals surface area contributed by atoms with Gasteiger partial charge in [0.2, 0.25) is 0 Å². The Kier molecular flexibility index (Phi) is 6.90. The van der Waals surface area contributed by atoms with E-state index in [0.29, 0.717) is 26.3 Å². The van der Waals surface area contributed by atoms with E-state index in [2.05, 4.69) is 0 Å². The molecule has 0 saturated carbocycles. The molecule has 18 heavy (non-hydrogen) atoms. The highest BCUT2D eigenvalue weighted by Crippen LogP contribution is 2.17. The summed E-state index contributed by atoms with van der Waals surface area (Å²) in [4.78, 5) is 1.94. The molecule has 0 aliphatic heterocycles. The van der Waals surface area contributed by atoms with Crippen molar-refractivity contribution in [3.63, 3.8) is 0 Å². The molecule has 4 nitrogen and oxygen atoms in total. The van der Waals surface area contributed by atoms with E-state index in [1.54, 1.807) is 14.2 Å². The quantitative estimate of drug-likeness (QED) is 0.714. The Hall–Kier alpha value is -0.940. The van der Waals surface area contributed by atoms with Crippen LogP contribution in [0.5, 0.6) is 0 Å². The first-order valence-electron chi connectivity index (χ1n) is 6.15. The van der Waals surface area contributed by atoms with Gasteiger partial charge in [-0.1, -0.05) is 29.8 Å². The molecule has 1 N–H and O–H groups in total. The van der Waals surface area contributed by atoms with Crippen LogP contribution in [0, 0.1) is 6.92 Å². The van der Waals surface area contributed by atoms with Crippen LogP contribution < -0.4 is 0 Å². The molecule has 0 saturated heterocycles. The number of ether oxygens (including phenoxy) is 2. The van der Waals surface area contributed by atoms with Crippen molar-refractivity contribution < 1.29 is 14.6 Å². The molecule has 0 amide bonds. The summed E-state index contributed by atoms with van der Waals surface area (Å²) in [5.74, 6) is 0. The lowest BCUT2D eigenvalue weighted by molar-refractivity contribution is -0.0236. The zero-order valence-electron chi connectivity index (χ0n) is 11.4. The number of benzene rings is 1. The van der Waals surface area contributed by atoms with Crippen molar-refractivity contribution in [2.24, 2.45) is 0 Å². The summed E-state index contributed by atoms with van der Waals surface area (Å²) in [5.41, 5.74) is 2.08. The Morgan fingerprint density at radius 2 is 1.56 bits per heavy atom. The third-order valence-corrected chi connectivity index (χ3v) is 2.89. The second-order valence-electron chi connectivity index (χ2n) is 4.31. The number of nitrogens with zero attached hydrogens (tertiary/aromatic N) is 1. The highest BCUT2D eigenvalue weighted by molar-refractivity contribution is 5.22. The first-order chi connectivity index (χ1) is 8.69. The van der Waals surface area contributed by atoms with Crippen LogP contribution in [-0.2, 0) is 9.47 Å². The van der Waals surface area contributed by atoms with Gasteiger partial charge in [-0.05, 0) is 12.5 Å². The zero-order chi connectivity index (χ0) is 13.4. The predicted molar refractivity (Wildman–Crippen MR) is 71.5 cm³/mol. The average Bonchev–Trinajstić information content (AvgIpc) is 2.39. The Bertz CT molecular complexity index is 318. The van der Waals surface area contributed by atoms with E-state index in [1.807, 2.05) is 36.1 Å². The van der Waals surface area contributed by atoms with Crippen LogP contribution in [0.15, 0.2) is 24.3 Å². The standard InChI is InChI=1S/C14H23NO3/c1-12-4-6-13(7-5-12)14(16)15(8-10-17-2)9-11-18-3/h4-7,14,16H,8-11H2,1-3H3. The molecule has 0 aromatic heterocycles. The van der Waals surface area contributed by atoms with Gasteiger partial charge in [0.05, 0.1) is 13.2 Å². The second kappa shape index (κ2) is 8.21. The molecule has 1 aromatic rings.